The van der Waals surface area contributed by atoms with E-state index in [-0.39, 0.29) is 0 Å². The number of fused-ring (bicyclic) bond motifs is 6. The van der Waals surface area contributed by atoms with Crippen molar-refractivity contribution in [1.82, 2.24) is 9.13 Å². The van der Waals surface area contributed by atoms with Gasteiger partial charge in [0.25, 0.3) is 0 Å². The van der Waals surface area contributed by atoms with Crippen LogP contribution < -0.4 is 4.90 Å². The molecule has 0 spiro atoms. The van der Waals surface area contributed by atoms with E-state index in [2.05, 4.69) is 167 Å². The molecule has 0 unspecified atom stereocenters. The predicted molar refractivity (Wildman–Crippen MR) is 170 cm³/mol. The minimum Gasteiger partial charge on any atom is -0.345 e. The molecular formula is C37H27N3. The molecule has 0 bridgehead atoms. The molecule has 8 rings (SSSR count). The number of benzene rings is 6. The topological polar surface area (TPSA) is 13.1 Å². The Morgan fingerprint density at radius 3 is 1.20 bits per heavy atom. The summed E-state index contributed by atoms with van der Waals surface area (Å²) in [5.41, 5.74) is 9.54. The van der Waals surface area contributed by atoms with E-state index in [0.29, 0.717) is 0 Å². The fraction of sp³-hybridized carbons (Fsp3) is 0.0270. The molecule has 0 saturated carbocycles. The highest BCUT2D eigenvalue weighted by atomic mass is 15.1. The molecule has 0 amide bonds. The smallest absolute Gasteiger partial charge is 0.0542 e. The Morgan fingerprint density at radius 1 is 0.375 bits per heavy atom. The molecule has 190 valence electrons. The van der Waals surface area contributed by atoms with Gasteiger partial charge in [-0.15, -0.1) is 0 Å². The van der Waals surface area contributed by atoms with Crippen LogP contribution in [0.15, 0.2) is 146 Å². The van der Waals surface area contributed by atoms with E-state index in [1.807, 2.05) is 0 Å². The maximum atomic E-state index is 2.36. The average molecular weight is 514 g/mol. The molecule has 0 aliphatic heterocycles. The zero-order valence-corrected chi connectivity index (χ0v) is 22.2. The van der Waals surface area contributed by atoms with Crippen LogP contribution in [0.1, 0.15) is 0 Å². The summed E-state index contributed by atoms with van der Waals surface area (Å²) in [6, 6.07) is 52.2. The van der Waals surface area contributed by atoms with E-state index in [1.165, 1.54) is 55.0 Å². The molecule has 0 N–H and O–H groups in total. The number of hydrogen-bond donors (Lipinski definition) is 0. The first-order valence-electron chi connectivity index (χ1n) is 13.7. The maximum Gasteiger partial charge on any atom is 0.0542 e. The maximum absolute atomic E-state index is 2.36. The van der Waals surface area contributed by atoms with E-state index >= 15 is 0 Å². The second-order valence-electron chi connectivity index (χ2n) is 10.3. The molecule has 0 fully saturated rings. The first-order chi connectivity index (χ1) is 19.8. The van der Waals surface area contributed by atoms with Crippen molar-refractivity contribution < 1.29 is 0 Å². The van der Waals surface area contributed by atoms with Crippen LogP contribution in [-0.2, 0) is 0 Å². The summed E-state index contributed by atoms with van der Waals surface area (Å²) >= 11 is 0. The van der Waals surface area contributed by atoms with Gasteiger partial charge >= 0.3 is 0 Å². The minimum atomic E-state index is 1.16. The third-order valence-electron chi connectivity index (χ3n) is 8.12. The van der Waals surface area contributed by atoms with Crippen LogP contribution in [0.5, 0.6) is 0 Å². The lowest BCUT2D eigenvalue weighted by molar-refractivity contribution is 1.17. The van der Waals surface area contributed by atoms with E-state index in [0.717, 1.165) is 11.4 Å². The summed E-state index contributed by atoms with van der Waals surface area (Å²) in [6.45, 7) is 0. The molecule has 0 radical (unpaired) electrons. The molecule has 2 heterocycles. The van der Waals surface area contributed by atoms with E-state index in [9.17, 15) is 0 Å². The van der Waals surface area contributed by atoms with Gasteiger partial charge in [0.15, 0.2) is 0 Å². The van der Waals surface area contributed by atoms with Crippen molar-refractivity contribution in [2.45, 2.75) is 0 Å². The van der Waals surface area contributed by atoms with Gasteiger partial charge in [0.2, 0.25) is 0 Å². The van der Waals surface area contributed by atoms with Crippen LogP contribution in [0, 0.1) is 0 Å². The van der Waals surface area contributed by atoms with Crippen molar-refractivity contribution >= 4 is 55.0 Å². The van der Waals surface area contributed by atoms with Crippen molar-refractivity contribution in [3.63, 3.8) is 0 Å². The first-order valence-corrected chi connectivity index (χ1v) is 13.7. The average Bonchev–Trinajstić information content (AvgIpc) is 3.54. The van der Waals surface area contributed by atoms with Gasteiger partial charge in [-0.1, -0.05) is 72.8 Å². The van der Waals surface area contributed by atoms with Crippen molar-refractivity contribution in [2.75, 3.05) is 11.9 Å². The third-order valence-corrected chi connectivity index (χ3v) is 8.12. The lowest BCUT2D eigenvalue weighted by atomic mass is 10.1. The fourth-order valence-corrected chi connectivity index (χ4v) is 6.20. The molecule has 0 aliphatic rings. The summed E-state index contributed by atoms with van der Waals surface area (Å²) in [5, 5.41) is 5.03. The predicted octanol–water partition coefficient (Wildman–Crippen LogP) is 9.65. The monoisotopic (exact) mass is 513 g/mol. The zero-order valence-electron chi connectivity index (χ0n) is 22.2. The third kappa shape index (κ3) is 3.38. The molecule has 0 saturated heterocycles. The van der Waals surface area contributed by atoms with Gasteiger partial charge in [0.1, 0.15) is 0 Å². The van der Waals surface area contributed by atoms with Gasteiger partial charge in [-0.25, -0.2) is 0 Å². The van der Waals surface area contributed by atoms with Gasteiger partial charge in [-0.2, -0.15) is 0 Å². The molecular weight excluding hydrogens is 486 g/mol. The Morgan fingerprint density at radius 2 is 0.750 bits per heavy atom. The van der Waals surface area contributed by atoms with Crippen molar-refractivity contribution in [2.24, 2.45) is 0 Å². The van der Waals surface area contributed by atoms with Gasteiger partial charge < -0.3 is 14.0 Å². The highest BCUT2D eigenvalue weighted by Gasteiger charge is 2.16. The fourth-order valence-electron chi connectivity index (χ4n) is 6.20. The summed E-state index contributed by atoms with van der Waals surface area (Å²) in [4.78, 5) is 2.29. The summed E-state index contributed by atoms with van der Waals surface area (Å²) in [6.07, 6.45) is 0. The van der Waals surface area contributed by atoms with Crippen LogP contribution in [0.2, 0.25) is 0 Å². The highest BCUT2D eigenvalue weighted by molar-refractivity contribution is 6.12. The summed E-state index contributed by atoms with van der Waals surface area (Å²) < 4.78 is 4.72. The molecule has 6 aromatic carbocycles. The molecule has 8 aromatic rings. The van der Waals surface area contributed by atoms with Gasteiger partial charge in [0, 0.05) is 51.3 Å². The number of aromatic nitrogens is 2. The molecule has 0 aliphatic carbocycles. The van der Waals surface area contributed by atoms with Gasteiger partial charge in [0.05, 0.1) is 22.1 Å². The highest BCUT2D eigenvalue weighted by Crippen LogP contribution is 2.38. The van der Waals surface area contributed by atoms with Crippen LogP contribution in [0.3, 0.4) is 0 Å². The Labute approximate surface area is 232 Å². The van der Waals surface area contributed by atoms with Crippen molar-refractivity contribution in [3.8, 4) is 11.4 Å². The zero-order chi connectivity index (χ0) is 26.6. The van der Waals surface area contributed by atoms with E-state index in [4.69, 9.17) is 0 Å². The second kappa shape index (κ2) is 8.89. The lowest BCUT2D eigenvalue weighted by Crippen LogP contribution is -2.09. The number of para-hydroxylation sites is 4. The molecule has 2 aromatic heterocycles. The number of hydrogen-bond acceptors (Lipinski definition) is 1. The number of anilines is 2. The minimum absolute atomic E-state index is 1.16. The van der Waals surface area contributed by atoms with Crippen LogP contribution >= 0.6 is 0 Å². The molecule has 40 heavy (non-hydrogen) atoms. The standard InChI is InChI=1S/C37H27N3/c1-38(28-20-22-36-32(24-28)30-16-8-10-18-34(30)39(36)26-12-4-2-5-13-26)29-21-23-37-33(25-29)31-17-9-11-19-35(31)40(37)27-14-6-3-7-15-27/h2-25H,1H3. The Balaban J connectivity index is 1.29. The summed E-state index contributed by atoms with van der Waals surface area (Å²) in [5.74, 6) is 0. The largest absolute Gasteiger partial charge is 0.345 e. The second-order valence-corrected chi connectivity index (χ2v) is 10.3. The first kappa shape index (κ1) is 22.7. The number of rotatable bonds is 4. The van der Waals surface area contributed by atoms with Gasteiger partial charge in [-0.3, -0.25) is 0 Å². The molecule has 3 nitrogen and oxygen atoms in total. The van der Waals surface area contributed by atoms with Gasteiger partial charge in [-0.05, 0) is 72.8 Å². The SMILES string of the molecule is CN(c1ccc2c(c1)c1ccccc1n2-c1ccccc1)c1ccc2c(c1)c1ccccc1n2-c1ccccc1. The number of nitrogens with zero attached hydrogens (tertiary/aromatic N) is 3. The van der Waals surface area contributed by atoms with Crippen LogP contribution in [0.25, 0.3) is 55.0 Å². The lowest BCUT2D eigenvalue weighted by Gasteiger charge is -2.20. The van der Waals surface area contributed by atoms with E-state index in [1.54, 1.807) is 0 Å². The van der Waals surface area contributed by atoms with Crippen molar-refractivity contribution in [1.29, 1.82) is 0 Å². The Kier molecular flexibility index (Phi) is 5.04. The quantitative estimate of drug-likeness (QED) is 0.228. The Hall–Kier alpha value is -5.28. The Bertz CT molecular complexity index is 2010. The molecule has 0 atom stereocenters. The van der Waals surface area contributed by atoms with Crippen LogP contribution in [-0.4, -0.2) is 16.2 Å². The summed E-state index contributed by atoms with van der Waals surface area (Å²) in [7, 11) is 2.16. The van der Waals surface area contributed by atoms with Crippen LogP contribution in [0.4, 0.5) is 11.4 Å². The molecule has 3 heteroatoms. The van der Waals surface area contributed by atoms with E-state index < -0.39 is 0 Å². The van der Waals surface area contributed by atoms with Crippen molar-refractivity contribution in [3.05, 3.63) is 146 Å². The normalized spacial score (nSPS) is 11.6.